The molecule has 0 bridgehead atoms. The average Bonchev–Trinajstić information content (AvgIpc) is 3.29. The van der Waals surface area contributed by atoms with Gasteiger partial charge in [-0.1, -0.05) is 30.3 Å². The van der Waals surface area contributed by atoms with E-state index in [0.29, 0.717) is 67.4 Å². The summed E-state index contributed by atoms with van der Waals surface area (Å²) in [5.74, 6) is -0.0330. The molecule has 0 N–H and O–H groups in total. The first-order valence-corrected chi connectivity index (χ1v) is 12.1. The van der Waals surface area contributed by atoms with Crippen LogP contribution in [-0.4, -0.2) is 38.9 Å². The third kappa shape index (κ3) is 6.48. The van der Waals surface area contributed by atoms with Crippen LogP contribution in [0.15, 0.2) is 54.7 Å². The van der Waals surface area contributed by atoms with Crippen LogP contribution in [0, 0.1) is 5.82 Å². The highest BCUT2D eigenvalue weighted by Gasteiger charge is 2.18. The normalized spacial score (nSPS) is 11.0. The average molecular weight is 513 g/mol. The molecule has 2 aromatic heterocycles. The first-order chi connectivity index (χ1) is 17.5. The number of halogens is 2. The van der Waals surface area contributed by atoms with E-state index in [0.717, 1.165) is 12.0 Å². The van der Waals surface area contributed by atoms with Gasteiger partial charge in [0.25, 0.3) is 0 Å². The topological polar surface area (TPSA) is 88.4 Å². The maximum absolute atomic E-state index is 14.1. The molecule has 4 aromatic rings. The lowest BCUT2D eigenvalue weighted by atomic mass is 10.2. The van der Waals surface area contributed by atoms with E-state index in [1.165, 1.54) is 16.8 Å². The largest absolute Gasteiger partial charge is 0.491 e. The molecule has 0 atom stereocenters. The van der Waals surface area contributed by atoms with Gasteiger partial charge in [0.15, 0.2) is 5.65 Å². The molecule has 8 nitrogen and oxygen atoms in total. The second-order valence-corrected chi connectivity index (χ2v) is 8.28. The molecule has 36 heavy (non-hydrogen) atoms. The summed E-state index contributed by atoms with van der Waals surface area (Å²) in [4.78, 5) is 20.0. The highest BCUT2D eigenvalue weighted by Crippen LogP contribution is 2.30. The third-order valence-corrected chi connectivity index (χ3v) is 5.49. The number of fused-ring (bicyclic) bond motifs is 1. The summed E-state index contributed by atoms with van der Waals surface area (Å²) >= 11 is 6.19. The predicted octanol–water partition coefficient (Wildman–Crippen LogP) is 5.69. The van der Waals surface area contributed by atoms with E-state index < -0.39 is 5.82 Å². The predicted molar refractivity (Wildman–Crippen MR) is 133 cm³/mol. The van der Waals surface area contributed by atoms with Crippen LogP contribution in [0.5, 0.6) is 11.6 Å². The van der Waals surface area contributed by atoms with E-state index in [-0.39, 0.29) is 11.3 Å². The molecule has 0 unspecified atom stereocenters. The number of ether oxygens (including phenoxy) is 3. The molecule has 0 amide bonds. The number of carbonyl (C=O) groups is 1. The van der Waals surface area contributed by atoms with Crippen LogP contribution in [0.2, 0.25) is 5.28 Å². The van der Waals surface area contributed by atoms with Crippen LogP contribution in [0.3, 0.4) is 0 Å². The first-order valence-electron chi connectivity index (χ1n) is 11.7. The molecule has 0 saturated carbocycles. The number of hydrogen-bond acceptors (Lipinski definition) is 7. The van der Waals surface area contributed by atoms with Crippen molar-refractivity contribution in [1.82, 2.24) is 19.7 Å². The van der Waals surface area contributed by atoms with Crippen LogP contribution in [0.1, 0.15) is 38.2 Å². The Morgan fingerprint density at radius 2 is 1.89 bits per heavy atom. The minimum Gasteiger partial charge on any atom is -0.491 e. The number of benzene rings is 2. The van der Waals surface area contributed by atoms with Gasteiger partial charge in [0, 0.05) is 12.5 Å². The van der Waals surface area contributed by atoms with E-state index in [9.17, 15) is 9.18 Å². The standard InChI is InChI=1S/C26H26ClFN4O4/c1-2-34-23(33)11-7-4-8-14-35-22-15-19(28)12-13-21(22)32-24-20(16-29-32)25(31-26(27)30-24)36-17-18-9-5-3-6-10-18/h3,5-6,9-10,12-13,15-16H,2,4,7-8,11,14,17H2,1H3. The van der Waals surface area contributed by atoms with Gasteiger partial charge in [-0.25, -0.2) is 9.07 Å². The van der Waals surface area contributed by atoms with Crippen LogP contribution in [0.4, 0.5) is 4.39 Å². The Bertz CT molecular complexity index is 1320. The van der Waals surface area contributed by atoms with Crippen LogP contribution < -0.4 is 9.47 Å². The fourth-order valence-electron chi connectivity index (χ4n) is 3.61. The van der Waals surface area contributed by atoms with Gasteiger partial charge in [0.1, 0.15) is 29.2 Å². The zero-order valence-electron chi connectivity index (χ0n) is 19.8. The number of aromatic nitrogens is 4. The van der Waals surface area contributed by atoms with Crippen LogP contribution >= 0.6 is 11.6 Å². The van der Waals surface area contributed by atoms with E-state index >= 15 is 0 Å². The Hall–Kier alpha value is -3.72. The Labute approximate surface area is 213 Å². The van der Waals surface area contributed by atoms with Crippen molar-refractivity contribution in [3.8, 4) is 17.3 Å². The molecule has 0 aliphatic heterocycles. The quantitative estimate of drug-likeness (QED) is 0.137. The van der Waals surface area contributed by atoms with Gasteiger partial charge in [0.05, 0.1) is 19.4 Å². The molecule has 10 heteroatoms. The fourth-order valence-corrected chi connectivity index (χ4v) is 3.77. The zero-order chi connectivity index (χ0) is 25.3. The highest BCUT2D eigenvalue weighted by atomic mass is 35.5. The number of rotatable bonds is 12. The summed E-state index contributed by atoms with van der Waals surface area (Å²) in [6.07, 6.45) is 4.12. The zero-order valence-corrected chi connectivity index (χ0v) is 20.6. The van der Waals surface area contributed by atoms with Crippen molar-refractivity contribution >= 4 is 28.6 Å². The number of hydrogen-bond donors (Lipinski definition) is 0. The number of unbranched alkanes of at least 4 members (excludes halogenated alkanes) is 2. The molecule has 0 spiro atoms. The van der Waals surface area contributed by atoms with Crippen molar-refractivity contribution in [1.29, 1.82) is 0 Å². The highest BCUT2D eigenvalue weighted by molar-refractivity contribution is 6.28. The molecule has 0 fully saturated rings. The lowest BCUT2D eigenvalue weighted by molar-refractivity contribution is -0.143. The maximum atomic E-state index is 14.1. The Morgan fingerprint density at radius 1 is 1.06 bits per heavy atom. The van der Waals surface area contributed by atoms with Crippen molar-refractivity contribution in [3.05, 3.63) is 71.4 Å². The SMILES string of the molecule is CCOC(=O)CCCCCOc1cc(F)ccc1-n1ncc2c(OCc3ccccc3)nc(Cl)nc21. The molecule has 0 aliphatic rings. The minimum atomic E-state index is -0.438. The second-order valence-electron chi connectivity index (χ2n) is 7.94. The third-order valence-electron chi connectivity index (χ3n) is 5.32. The van der Waals surface area contributed by atoms with E-state index in [1.54, 1.807) is 19.2 Å². The Morgan fingerprint density at radius 3 is 2.69 bits per heavy atom. The van der Waals surface area contributed by atoms with Gasteiger partial charge >= 0.3 is 5.97 Å². The van der Waals surface area contributed by atoms with Gasteiger partial charge in [-0.3, -0.25) is 4.79 Å². The summed E-state index contributed by atoms with van der Waals surface area (Å²) < 4.78 is 32.3. The lowest BCUT2D eigenvalue weighted by Gasteiger charge is -2.13. The molecule has 2 heterocycles. The second kappa shape index (κ2) is 12.3. The van der Waals surface area contributed by atoms with Crippen molar-refractivity contribution < 1.29 is 23.4 Å². The van der Waals surface area contributed by atoms with Gasteiger partial charge in [0.2, 0.25) is 11.2 Å². The smallest absolute Gasteiger partial charge is 0.305 e. The molecular weight excluding hydrogens is 487 g/mol. The van der Waals surface area contributed by atoms with Crippen LogP contribution in [-0.2, 0) is 16.1 Å². The van der Waals surface area contributed by atoms with Crippen LogP contribution in [0.25, 0.3) is 16.7 Å². The number of carbonyl (C=O) groups excluding carboxylic acids is 1. The summed E-state index contributed by atoms with van der Waals surface area (Å²) in [6, 6.07) is 13.9. The molecule has 2 aromatic carbocycles. The molecule has 4 rings (SSSR count). The van der Waals surface area contributed by atoms with E-state index in [1.807, 2.05) is 30.3 Å². The summed E-state index contributed by atoms with van der Waals surface area (Å²) in [7, 11) is 0. The van der Waals surface area contributed by atoms with Crippen molar-refractivity contribution in [2.24, 2.45) is 0 Å². The first kappa shape index (κ1) is 25.4. The van der Waals surface area contributed by atoms with Gasteiger partial charge in [-0.15, -0.1) is 0 Å². The maximum Gasteiger partial charge on any atom is 0.305 e. The van der Waals surface area contributed by atoms with E-state index in [4.69, 9.17) is 25.8 Å². The summed E-state index contributed by atoms with van der Waals surface area (Å²) in [5, 5.41) is 4.99. The minimum absolute atomic E-state index is 0.00140. The van der Waals surface area contributed by atoms with Crippen molar-refractivity contribution in [3.63, 3.8) is 0 Å². The Balaban J connectivity index is 1.49. The molecule has 188 valence electrons. The molecule has 0 aliphatic carbocycles. The summed E-state index contributed by atoms with van der Waals surface area (Å²) in [5.41, 5.74) is 1.88. The van der Waals surface area contributed by atoms with Gasteiger partial charge in [-0.05, 0) is 55.5 Å². The lowest BCUT2D eigenvalue weighted by Crippen LogP contribution is -2.06. The number of esters is 1. The molecule has 0 radical (unpaired) electrons. The van der Waals surface area contributed by atoms with E-state index in [2.05, 4.69) is 15.1 Å². The Kier molecular flexibility index (Phi) is 8.67. The molecular formula is C26H26ClFN4O4. The summed E-state index contributed by atoms with van der Waals surface area (Å²) in [6.45, 7) is 2.81. The number of nitrogens with zero attached hydrogens (tertiary/aromatic N) is 4. The van der Waals surface area contributed by atoms with Crippen molar-refractivity contribution in [2.45, 2.75) is 39.2 Å². The monoisotopic (exact) mass is 512 g/mol. The fraction of sp³-hybridized carbons (Fsp3) is 0.308. The van der Waals surface area contributed by atoms with Crippen molar-refractivity contribution in [2.75, 3.05) is 13.2 Å². The van der Waals surface area contributed by atoms with Gasteiger partial charge in [-0.2, -0.15) is 15.1 Å². The molecule has 0 saturated heterocycles. The van der Waals surface area contributed by atoms with Gasteiger partial charge < -0.3 is 14.2 Å².